The molecule has 0 aliphatic carbocycles. The summed E-state index contributed by atoms with van der Waals surface area (Å²) in [5, 5.41) is 4.25. The smallest absolute Gasteiger partial charge is 0.0494 e. The molecule has 54 valence electrons. The molecule has 1 aliphatic rings. The van der Waals surface area contributed by atoms with Gasteiger partial charge in [0.1, 0.15) is 0 Å². The van der Waals surface area contributed by atoms with Gasteiger partial charge in [0.25, 0.3) is 0 Å². The second-order valence-electron chi connectivity index (χ2n) is 3.01. The van der Waals surface area contributed by atoms with Crippen LogP contribution in [-0.2, 0) is 6.42 Å². The average molecular weight is 136 g/mol. The van der Waals surface area contributed by atoms with Gasteiger partial charge in [-0.3, -0.25) is 4.68 Å². The summed E-state index contributed by atoms with van der Waals surface area (Å²) in [6.45, 7) is 2.23. The molecule has 2 nitrogen and oxygen atoms in total. The number of nitrogens with zero attached hydrogens (tertiary/aromatic N) is 2. The molecule has 2 rings (SSSR count). The molecule has 0 radical (unpaired) electrons. The fourth-order valence-electron chi connectivity index (χ4n) is 1.64. The van der Waals surface area contributed by atoms with Crippen molar-refractivity contribution in [1.29, 1.82) is 0 Å². The molecule has 0 saturated heterocycles. The Morgan fingerprint density at radius 2 is 2.60 bits per heavy atom. The van der Waals surface area contributed by atoms with Gasteiger partial charge in [-0.1, -0.05) is 0 Å². The summed E-state index contributed by atoms with van der Waals surface area (Å²) in [6.07, 6.45) is 5.73. The molecule has 1 aromatic heterocycles. The first kappa shape index (κ1) is 5.96. The van der Waals surface area contributed by atoms with Gasteiger partial charge in [-0.25, -0.2) is 0 Å². The molecule has 0 saturated carbocycles. The van der Waals surface area contributed by atoms with Crippen LogP contribution in [0.5, 0.6) is 0 Å². The van der Waals surface area contributed by atoms with Crippen LogP contribution in [0.1, 0.15) is 31.5 Å². The van der Waals surface area contributed by atoms with E-state index in [0.717, 1.165) is 0 Å². The van der Waals surface area contributed by atoms with Gasteiger partial charge in [0, 0.05) is 17.9 Å². The molecule has 1 aromatic rings. The molecule has 0 N–H and O–H groups in total. The third-order valence-electron chi connectivity index (χ3n) is 2.22. The third-order valence-corrected chi connectivity index (χ3v) is 2.22. The van der Waals surface area contributed by atoms with Crippen LogP contribution >= 0.6 is 0 Å². The predicted octanol–water partition coefficient (Wildman–Crippen LogP) is 1.78. The van der Waals surface area contributed by atoms with Gasteiger partial charge >= 0.3 is 0 Å². The Morgan fingerprint density at radius 3 is 3.40 bits per heavy atom. The fourth-order valence-corrected chi connectivity index (χ4v) is 1.64. The predicted molar refractivity (Wildman–Crippen MR) is 39.9 cm³/mol. The first-order valence-electron chi connectivity index (χ1n) is 3.90. The molecule has 2 heteroatoms. The van der Waals surface area contributed by atoms with E-state index in [1.165, 1.54) is 25.0 Å². The maximum atomic E-state index is 4.25. The van der Waals surface area contributed by atoms with Crippen LogP contribution in [-0.4, -0.2) is 9.78 Å². The monoisotopic (exact) mass is 136 g/mol. The van der Waals surface area contributed by atoms with Crippen molar-refractivity contribution >= 4 is 0 Å². The van der Waals surface area contributed by atoms with Gasteiger partial charge < -0.3 is 0 Å². The molecule has 1 atom stereocenters. The second-order valence-corrected chi connectivity index (χ2v) is 3.01. The lowest BCUT2D eigenvalue weighted by atomic mass is 10.1. The Morgan fingerprint density at radius 1 is 1.70 bits per heavy atom. The van der Waals surface area contributed by atoms with E-state index in [2.05, 4.69) is 22.8 Å². The number of aryl methyl sites for hydroxylation is 1. The largest absolute Gasteiger partial charge is 0.267 e. The summed E-state index contributed by atoms with van der Waals surface area (Å²) in [4.78, 5) is 0. The van der Waals surface area contributed by atoms with Crippen molar-refractivity contribution < 1.29 is 0 Å². The Hall–Kier alpha value is -0.790. The van der Waals surface area contributed by atoms with Gasteiger partial charge in [0.05, 0.1) is 0 Å². The Balaban J connectivity index is 2.41. The van der Waals surface area contributed by atoms with Gasteiger partial charge in [-0.05, 0) is 32.3 Å². The zero-order valence-electron chi connectivity index (χ0n) is 6.25. The summed E-state index contributed by atoms with van der Waals surface area (Å²) in [5.74, 6) is 0. The lowest BCUT2D eigenvalue weighted by molar-refractivity contribution is 0.393. The summed E-state index contributed by atoms with van der Waals surface area (Å²) in [6, 6.07) is 2.74. The zero-order valence-corrected chi connectivity index (χ0v) is 6.25. The molecule has 1 aliphatic heterocycles. The molecular formula is C8H12N2. The molecule has 1 unspecified atom stereocenters. The van der Waals surface area contributed by atoms with Crippen molar-refractivity contribution in [3.63, 3.8) is 0 Å². The maximum absolute atomic E-state index is 4.25. The molecular weight excluding hydrogens is 124 g/mol. The minimum absolute atomic E-state index is 0.624. The van der Waals surface area contributed by atoms with Crippen LogP contribution in [0.3, 0.4) is 0 Å². The SMILES string of the molecule is CC1CCCc2ccnn21. The normalized spacial score (nSPS) is 24.3. The fraction of sp³-hybridized carbons (Fsp3) is 0.625. The minimum Gasteiger partial charge on any atom is -0.267 e. The minimum atomic E-state index is 0.624. The van der Waals surface area contributed by atoms with Crippen molar-refractivity contribution in [2.24, 2.45) is 0 Å². The van der Waals surface area contributed by atoms with E-state index in [1.807, 2.05) is 6.20 Å². The van der Waals surface area contributed by atoms with E-state index < -0.39 is 0 Å². The van der Waals surface area contributed by atoms with Gasteiger partial charge in [-0.15, -0.1) is 0 Å². The van der Waals surface area contributed by atoms with Gasteiger partial charge in [0.15, 0.2) is 0 Å². The van der Waals surface area contributed by atoms with Crippen LogP contribution in [0, 0.1) is 0 Å². The molecule has 0 bridgehead atoms. The number of rotatable bonds is 0. The lowest BCUT2D eigenvalue weighted by Gasteiger charge is -2.20. The number of fused-ring (bicyclic) bond motifs is 1. The van der Waals surface area contributed by atoms with Gasteiger partial charge in [-0.2, -0.15) is 5.10 Å². The topological polar surface area (TPSA) is 17.8 Å². The van der Waals surface area contributed by atoms with E-state index in [1.54, 1.807) is 0 Å². The van der Waals surface area contributed by atoms with E-state index in [0.29, 0.717) is 6.04 Å². The van der Waals surface area contributed by atoms with E-state index in [9.17, 15) is 0 Å². The van der Waals surface area contributed by atoms with Crippen LogP contribution < -0.4 is 0 Å². The quantitative estimate of drug-likeness (QED) is 0.531. The highest BCUT2D eigenvalue weighted by Gasteiger charge is 2.14. The highest BCUT2D eigenvalue weighted by atomic mass is 15.3. The summed E-state index contributed by atoms with van der Waals surface area (Å²) >= 11 is 0. The van der Waals surface area contributed by atoms with Gasteiger partial charge in [0.2, 0.25) is 0 Å². The number of hydrogen-bond acceptors (Lipinski definition) is 1. The Labute approximate surface area is 60.9 Å². The maximum Gasteiger partial charge on any atom is 0.0494 e. The zero-order chi connectivity index (χ0) is 6.97. The standard InChI is InChI=1S/C8H12N2/c1-7-3-2-4-8-5-6-9-10(7)8/h5-7H,2-4H2,1H3. The van der Waals surface area contributed by atoms with E-state index >= 15 is 0 Å². The first-order chi connectivity index (χ1) is 4.88. The molecule has 0 spiro atoms. The van der Waals surface area contributed by atoms with Crippen LogP contribution in [0.15, 0.2) is 12.3 Å². The summed E-state index contributed by atoms with van der Waals surface area (Å²) in [5.41, 5.74) is 1.40. The second kappa shape index (κ2) is 2.11. The lowest BCUT2D eigenvalue weighted by Crippen LogP contribution is -2.15. The number of aromatic nitrogens is 2. The van der Waals surface area contributed by atoms with Crippen LogP contribution in [0.4, 0.5) is 0 Å². The van der Waals surface area contributed by atoms with Crippen molar-refractivity contribution in [2.45, 2.75) is 32.2 Å². The Kier molecular flexibility index (Phi) is 1.26. The summed E-state index contributed by atoms with van der Waals surface area (Å²) < 4.78 is 2.14. The van der Waals surface area contributed by atoms with E-state index in [-0.39, 0.29) is 0 Å². The third kappa shape index (κ3) is 0.753. The van der Waals surface area contributed by atoms with E-state index in [4.69, 9.17) is 0 Å². The van der Waals surface area contributed by atoms with Crippen molar-refractivity contribution in [3.8, 4) is 0 Å². The first-order valence-corrected chi connectivity index (χ1v) is 3.90. The average Bonchev–Trinajstić information content (AvgIpc) is 2.36. The molecule has 0 aromatic carbocycles. The van der Waals surface area contributed by atoms with Crippen molar-refractivity contribution in [2.75, 3.05) is 0 Å². The van der Waals surface area contributed by atoms with Crippen molar-refractivity contribution in [3.05, 3.63) is 18.0 Å². The molecule has 10 heavy (non-hydrogen) atoms. The molecule has 0 fully saturated rings. The number of hydrogen-bond donors (Lipinski definition) is 0. The summed E-state index contributed by atoms with van der Waals surface area (Å²) in [7, 11) is 0. The van der Waals surface area contributed by atoms with Crippen molar-refractivity contribution in [1.82, 2.24) is 9.78 Å². The highest BCUT2D eigenvalue weighted by Crippen LogP contribution is 2.22. The molecule has 2 heterocycles. The Bertz CT molecular complexity index is 227. The van der Waals surface area contributed by atoms with Crippen LogP contribution in [0.2, 0.25) is 0 Å². The van der Waals surface area contributed by atoms with Crippen LogP contribution in [0.25, 0.3) is 0 Å². The molecule has 0 amide bonds. The highest BCUT2D eigenvalue weighted by molar-refractivity contribution is 5.04.